The summed E-state index contributed by atoms with van der Waals surface area (Å²) in [7, 11) is 0. The predicted molar refractivity (Wildman–Crippen MR) is 116 cm³/mol. The summed E-state index contributed by atoms with van der Waals surface area (Å²) in [5, 5.41) is 9.42. The van der Waals surface area contributed by atoms with E-state index in [1.807, 2.05) is 18.0 Å². The highest BCUT2D eigenvalue weighted by atomic mass is 16.5. The first kappa shape index (κ1) is 21.1. The number of allylic oxidation sites excluding steroid dienone is 4. The minimum Gasteiger partial charge on any atom is -0.763 e. The fourth-order valence-corrected chi connectivity index (χ4v) is 4.80. The molecule has 160 valence electrons. The number of carbonyl (C=O) groups excluding carboxylic acids is 2. The van der Waals surface area contributed by atoms with Crippen LogP contribution in [-0.4, -0.2) is 29.6 Å². The molecule has 2 aliphatic carbocycles. The Morgan fingerprint density at radius 2 is 1.52 bits per heavy atom. The van der Waals surface area contributed by atoms with Crippen LogP contribution in [0.15, 0.2) is 53.2 Å². The lowest BCUT2D eigenvalue weighted by molar-refractivity contribution is -0.116. The molecule has 2 aliphatic heterocycles. The molecular weight excluding hydrogens is 392 g/mol. The van der Waals surface area contributed by atoms with E-state index in [1.54, 1.807) is 0 Å². The van der Waals surface area contributed by atoms with Gasteiger partial charge in [-0.25, -0.2) is 4.85 Å². The fraction of sp³-hybridized carbons (Fsp3) is 0.480. The van der Waals surface area contributed by atoms with E-state index in [0.717, 1.165) is 51.4 Å². The zero-order valence-corrected chi connectivity index (χ0v) is 17.4. The normalized spacial score (nSPS) is 29.5. The highest BCUT2D eigenvalue weighted by Crippen LogP contribution is 2.37. The molecule has 0 saturated heterocycles. The van der Waals surface area contributed by atoms with E-state index in [-0.39, 0.29) is 46.8 Å². The van der Waals surface area contributed by atoms with Gasteiger partial charge in [-0.2, -0.15) is 0 Å². The number of ether oxygens (including phenoxy) is 2. The van der Waals surface area contributed by atoms with Crippen molar-refractivity contribution >= 4 is 17.4 Å². The molecule has 4 atom stereocenters. The molecular formula is C25H25N2O4-. The van der Waals surface area contributed by atoms with Crippen LogP contribution < -0.4 is 0 Å². The molecule has 4 unspecified atom stereocenters. The van der Waals surface area contributed by atoms with Gasteiger partial charge in [-0.3, -0.25) is 15.5 Å². The number of ketones is 2. The lowest BCUT2D eigenvalue weighted by Crippen LogP contribution is -2.21. The first-order chi connectivity index (χ1) is 15.1. The summed E-state index contributed by atoms with van der Waals surface area (Å²) >= 11 is 0. The maximum atomic E-state index is 12.7. The van der Waals surface area contributed by atoms with Gasteiger partial charge < -0.3 is 14.9 Å². The topological polar surface area (TPSA) is 79.3 Å². The third-order valence-corrected chi connectivity index (χ3v) is 6.48. The van der Waals surface area contributed by atoms with Crippen molar-refractivity contribution < 1.29 is 19.1 Å². The van der Waals surface area contributed by atoms with Crippen molar-refractivity contribution in [3.8, 4) is 0 Å². The Hall–Kier alpha value is -3.16. The second-order valence-electron chi connectivity index (χ2n) is 8.48. The van der Waals surface area contributed by atoms with Gasteiger partial charge in [0, 0.05) is 17.4 Å². The van der Waals surface area contributed by atoms with Crippen LogP contribution in [0, 0.1) is 18.4 Å². The highest BCUT2D eigenvalue weighted by Gasteiger charge is 2.35. The molecule has 0 bridgehead atoms. The largest absolute Gasteiger partial charge is 0.763 e. The summed E-state index contributed by atoms with van der Waals surface area (Å²) in [6, 6.07) is 0. The second kappa shape index (κ2) is 9.32. The molecule has 0 aromatic carbocycles. The number of Topliss-reactive ketones (excluding diaryl/α,β-unsaturated/α-hetero) is 2. The van der Waals surface area contributed by atoms with E-state index in [1.165, 1.54) is 18.2 Å². The number of carbonyl (C=O) groups is 2. The molecule has 0 spiro atoms. The molecule has 2 heterocycles. The Morgan fingerprint density at radius 1 is 0.968 bits per heavy atom. The van der Waals surface area contributed by atoms with Crippen LogP contribution in [0.25, 0.3) is 10.3 Å². The molecule has 0 N–H and O–H groups in total. The average molecular weight is 417 g/mol. The number of nitrogens with zero attached hydrogens (tertiary/aromatic N) is 2. The van der Waals surface area contributed by atoms with Gasteiger partial charge >= 0.3 is 0 Å². The lowest BCUT2D eigenvalue weighted by Gasteiger charge is -2.23. The van der Waals surface area contributed by atoms with Gasteiger partial charge in [0.2, 0.25) is 17.3 Å². The molecule has 2 saturated carbocycles. The highest BCUT2D eigenvalue weighted by molar-refractivity contribution is 6.15. The molecule has 0 radical (unpaired) electrons. The third kappa shape index (κ3) is 4.47. The van der Waals surface area contributed by atoms with Crippen molar-refractivity contribution in [3.05, 3.63) is 70.0 Å². The number of hydrogen-bond donors (Lipinski definition) is 0. The average Bonchev–Trinajstić information content (AvgIpc) is 3.42. The van der Waals surface area contributed by atoms with Crippen molar-refractivity contribution in [1.82, 2.24) is 0 Å². The quantitative estimate of drug-likeness (QED) is 0.274. The van der Waals surface area contributed by atoms with Crippen LogP contribution in [0.1, 0.15) is 51.4 Å². The van der Waals surface area contributed by atoms with Gasteiger partial charge in [0.15, 0.2) is 11.5 Å². The summed E-state index contributed by atoms with van der Waals surface area (Å²) in [6.45, 7) is 7.35. The zero-order chi connectivity index (χ0) is 21.8. The van der Waals surface area contributed by atoms with Gasteiger partial charge in [-0.05, 0) is 56.8 Å². The third-order valence-electron chi connectivity index (χ3n) is 6.48. The van der Waals surface area contributed by atoms with E-state index in [4.69, 9.17) is 16.0 Å². The van der Waals surface area contributed by atoms with Crippen LogP contribution in [0.3, 0.4) is 0 Å². The Balaban J connectivity index is 1.42. The second-order valence-corrected chi connectivity index (χ2v) is 8.48. The van der Waals surface area contributed by atoms with Crippen LogP contribution in [0.4, 0.5) is 0 Å². The van der Waals surface area contributed by atoms with Gasteiger partial charge in [-0.1, -0.05) is 25.0 Å². The monoisotopic (exact) mass is 417 g/mol. The number of rotatable bonds is 6. The predicted octanol–water partition coefficient (Wildman–Crippen LogP) is 4.60. The van der Waals surface area contributed by atoms with Gasteiger partial charge in [-0.15, -0.1) is 0 Å². The van der Waals surface area contributed by atoms with Crippen molar-refractivity contribution in [1.29, 1.82) is 0 Å². The summed E-state index contributed by atoms with van der Waals surface area (Å²) in [5.41, 5.74) is -0.187. The van der Waals surface area contributed by atoms with Crippen LogP contribution in [0.5, 0.6) is 0 Å². The molecule has 0 aromatic heterocycles. The Kier molecular flexibility index (Phi) is 6.34. The minimum atomic E-state index is -0.455. The van der Waals surface area contributed by atoms with Crippen LogP contribution in [-0.2, 0) is 19.1 Å². The van der Waals surface area contributed by atoms with E-state index >= 15 is 0 Å². The molecule has 4 aliphatic rings. The zero-order valence-electron chi connectivity index (χ0n) is 17.4. The van der Waals surface area contributed by atoms with E-state index in [0.29, 0.717) is 0 Å². The van der Waals surface area contributed by atoms with Crippen LogP contribution >= 0.6 is 0 Å². The van der Waals surface area contributed by atoms with Crippen LogP contribution in [0.2, 0.25) is 0 Å². The fourth-order valence-electron chi connectivity index (χ4n) is 4.80. The molecule has 2 fully saturated rings. The Labute approximate surface area is 182 Å². The summed E-state index contributed by atoms with van der Waals surface area (Å²) in [6.07, 6.45) is 16.1. The van der Waals surface area contributed by atoms with Crippen molar-refractivity contribution in [2.24, 2.45) is 11.8 Å². The number of hydrogen-bond acceptors (Lipinski definition) is 4. The summed E-state index contributed by atoms with van der Waals surface area (Å²) in [4.78, 5) is 28.7. The SMILES string of the molecule is [C-]#[N+]C(=CC=CC(=C=[N-])C(=O)C1=CC2CCCCC2O1)C(=O)C1=CC2CCCCC2O1. The molecule has 6 heteroatoms. The van der Waals surface area contributed by atoms with Crippen molar-refractivity contribution in [3.63, 3.8) is 0 Å². The molecule has 6 nitrogen and oxygen atoms in total. The van der Waals surface area contributed by atoms with E-state index in [9.17, 15) is 15.0 Å². The first-order valence-electron chi connectivity index (χ1n) is 11.0. The molecule has 31 heavy (non-hydrogen) atoms. The minimum absolute atomic E-state index is 0.0336. The van der Waals surface area contributed by atoms with Crippen molar-refractivity contribution in [2.75, 3.05) is 0 Å². The lowest BCUT2D eigenvalue weighted by atomic mass is 9.87. The van der Waals surface area contributed by atoms with Gasteiger partial charge in [0.05, 0.1) is 6.57 Å². The summed E-state index contributed by atoms with van der Waals surface area (Å²) < 4.78 is 11.6. The van der Waals surface area contributed by atoms with E-state index < -0.39 is 11.6 Å². The summed E-state index contributed by atoms with van der Waals surface area (Å²) in [5.74, 6) is 1.95. The van der Waals surface area contributed by atoms with Gasteiger partial charge in [0.25, 0.3) is 0 Å². The Bertz CT molecular complexity index is 987. The maximum absolute atomic E-state index is 12.7. The molecule has 4 rings (SSSR count). The molecule has 0 amide bonds. The van der Waals surface area contributed by atoms with E-state index in [2.05, 4.69) is 4.85 Å². The maximum Gasteiger partial charge on any atom is 0.237 e. The van der Waals surface area contributed by atoms with Gasteiger partial charge in [0.1, 0.15) is 12.2 Å². The molecule has 0 aromatic rings. The first-order valence-corrected chi connectivity index (χ1v) is 11.0. The number of fused-ring (bicyclic) bond motifs is 2. The standard InChI is InChI=1S/C25H25N2O4/c1-27-19(25(29)23-14-17-8-3-5-12-21(17)31-23)10-6-9-18(15-26)24(28)22-13-16-7-2-4-11-20(16)30-22/h6,9-10,13-14,16-17,20-21H,2-5,7-8,11-12H2/q-1. The Morgan fingerprint density at radius 3 is 2.03 bits per heavy atom. The smallest absolute Gasteiger partial charge is 0.237 e. The van der Waals surface area contributed by atoms with Crippen molar-refractivity contribution in [2.45, 2.75) is 63.6 Å².